The van der Waals surface area contributed by atoms with E-state index in [4.69, 9.17) is 19.9 Å². The summed E-state index contributed by atoms with van der Waals surface area (Å²) in [5.41, 5.74) is 5.53. The highest BCUT2D eigenvalue weighted by Crippen LogP contribution is 2.41. The highest BCUT2D eigenvalue weighted by Gasteiger charge is 2.63. The van der Waals surface area contributed by atoms with E-state index in [1.54, 1.807) is 7.85 Å². The van der Waals surface area contributed by atoms with Gasteiger partial charge in [-0.3, -0.25) is 0 Å². The van der Waals surface area contributed by atoms with Gasteiger partial charge in [0, 0.05) is 0 Å². The summed E-state index contributed by atoms with van der Waals surface area (Å²) in [5.74, 6) is 0. The van der Waals surface area contributed by atoms with Gasteiger partial charge in [-0.15, -0.1) is 0 Å². The standard InChI is InChI=1S/C13H26BNO5S/c1-11(2,3)20-8-6-18-10-9(8)19-7-13(10,14)21(16,17)12(4,5)15/h8-10H,6-7,14-15H2,1-5H3/t8?,9-,10+,13?/m1/s1. The molecule has 8 heteroatoms. The van der Waals surface area contributed by atoms with Crippen LogP contribution < -0.4 is 5.73 Å². The third kappa shape index (κ3) is 2.76. The molecule has 0 aromatic heterocycles. The maximum Gasteiger partial charge on any atom is 0.171 e. The van der Waals surface area contributed by atoms with Crippen molar-refractivity contribution in [3.8, 4) is 0 Å². The van der Waals surface area contributed by atoms with E-state index in [0.29, 0.717) is 6.61 Å². The van der Waals surface area contributed by atoms with Crippen molar-refractivity contribution >= 4 is 17.7 Å². The van der Waals surface area contributed by atoms with Crippen LogP contribution in [0.3, 0.4) is 0 Å². The van der Waals surface area contributed by atoms with Crippen LogP contribution in [0.25, 0.3) is 0 Å². The molecule has 2 N–H and O–H groups in total. The van der Waals surface area contributed by atoms with E-state index in [1.165, 1.54) is 13.8 Å². The fourth-order valence-electron chi connectivity index (χ4n) is 3.03. The van der Waals surface area contributed by atoms with E-state index in [2.05, 4.69) is 0 Å². The van der Waals surface area contributed by atoms with Gasteiger partial charge in [-0.25, -0.2) is 8.42 Å². The molecule has 2 rings (SSSR count). The molecule has 2 fully saturated rings. The fraction of sp³-hybridized carbons (Fsp3) is 1.00. The Balaban J connectivity index is 2.26. The Hall–Kier alpha value is -0.145. The number of rotatable bonds is 3. The SMILES string of the molecule is BC1(S(=O)(=O)C(C)(C)N)CO[C@@H]2C(OC(C)(C)C)CO[C@@H]21. The van der Waals surface area contributed by atoms with Gasteiger partial charge in [-0.2, -0.15) is 0 Å². The van der Waals surface area contributed by atoms with Gasteiger partial charge >= 0.3 is 0 Å². The molecule has 0 bridgehead atoms. The topological polar surface area (TPSA) is 87.9 Å². The molecule has 21 heavy (non-hydrogen) atoms. The average Bonchev–Trinajstić information content (AvgIpc) is 2.79. The van der Waals surface area contributed by atoms with E-state index >= 15 is 0 Å². The lowest BCUT2D eigenvalue weighted by atomic mass is 9.81. The minimum absolute atomic E-state index is 0.0787. The first-order chi connectivity index (χ1) is 9.30. The molecular weight excluding hydrogens is 293 g/mol. The molecule has 0 aliphatic carbocycles. The number of nitrogens with two attached hydrogens (primary N) is 1. The van der Waals surface area contributed by atoms with E-state index in [0.717, 1.165) is 0 Å². The van der Waals surface area contributed by atoms with Gasteiger partial charge in [0.15, 0.2) is 9.84 Å². The third-order valence-corrected chi connectivity index (χ3v) is 7.04. The Morgan fingerprint density at radius 1 is 1.24 bits per heavy atom. The van der Waals surface area contributed by atoms with Gasteiger partial charge in [-0.05, 0) is 34.6 Å². The van der Waals surface area contributed by atoms with Crippen molar-refractivity contribution in [1.29, 1.82) is 0 Å². The Labute approximate surface area is 128 Å². The highest BCUT2D eigenvalue weighted by atomic mass is 32.2. The monoisotopic (exact) mass is 319 g/mol. The summed E-state index contributed by atoms with van der Waals surface area (Å²) in [6.45, 7) is 9.27. The van der Waals surface area contributed by atoms with Crippen molar-refractivity contribution in [3.05, 3.63) is 0 Å². The molecule has 0 aromatic rings. The molecule has 122 valence electrons. The number of hydrogen-bond acceptors (Lipinski definition) is 6. The van der Waals surface area contributed by atoms with Gasteiger partial charge in [0.1, 0.15) is 31.0 Å². The van der Waals surface area contributed by atoms with Gasteiger partial charge in [0.05, 0.1) is 23.5 Å². The lowest BCUT2D eigenvalue weighted by Gasteiger charge is -2.34. The molecule has 0 aromatic carbocycles. The predicted octanol–water partition coefficient (Wildman–Crippen LogP) is -0.593. The first-order valence-corrected chi connectivity index (χ1v) is 8.72. The molecule has 0 radical (unpaired) electrons. The zero-order valence-corrected chi connectivity index (χ0v) is 14.5. The highest BCUT2D eigenvalue weighted by molar-refractivity contribution is 7.95. The Kier molecular flexibility index (Phi) is 4.04. The van der Waals surface area contributed by atoms with Gasteiger partial charge in [0.25, 0.3) is 0 Å². The van der Waals surface area contributed by atoms with Gasteiger partial charge in [0.2, 0.25) is 0 Å². The Morgan fingerprint density at radius 3 is 2.29 bits per heavy atom. The van der Waals surface area contributed by atoms with Crippen LogP contribution in [-0.2, 0) is 24.0 Å². The van der Waals surface area contributed by atoms with E-state index in [9.17, 15) is 8.42 Å². The van der Waals surface area contributed by atoms with Crippen LogP contribution >= 0.6 is 0 Å². The molecule has 2 aliphatic heterocycles. The lowest BCUT2D eigenvalue weighted by Crippen LogP contribution is -2.60. The normalized spacial score (nSPS) is 37.7. The van der Waals surface area contributed by atoms with Gasteiger partial charge in [-0.1, -0.05) is 0 Å². The summed E-state index contributed by atoms with van der Waals surface area (Å²) in [6, 6.07) is 0. The van der Waals surface area contributed by atoms with Crippen LogP contribution in [0, 0.1) is 0 Å². The van der Waals surface area contributed by atoms with Crippen LogP contribution in [0.2, 0.25) is 0 Å². The average molecular weight is 319 g/mol. The predicted molar refractivity (Wildman–Crippen MR) is 82.6 cm³/mol. The molecule has 6 nitrogen and oxygen atoms in total. The third-order valence-electron chi connectivity index (χ3n) is 4.08. The number of fused-ring (bicyclic) bond motifs is 1. The zero-order valence-electron chi connectivity index (χ0n) is 13.7. The quantitative estimate of drug-likeness (QED) is 0.700. The number of sulfone groups is 1. The van der Waals surface area contributed by atoms with Crippen molar-refractivity contribution in [2.45, 2.75) is 68.0 Å². The van der Waals surface area contributed by atoms with Crippen LogP contribution in [0.15, 0.2) is 0 Å². The van der Waals surface area contributed by atoms with Gasteiger partial charge < -0.3 is 19.9 Å². The summed E-state index contributed by atoms with van der Waals surface area (Å²) in [7, 11) is -1.97. The minimum Gasteiger partial charge on any atom is -0.372 e. The summed E-state index contributed by atoms with van der Waals surface area (Å²) in [5, 5.41) is 0. The summed E-state index contributed by atoms with van der Waals surface area (Å²) in [6.07, 6.45) is -1.17. The van der Waals surface area contributed by atoms with E-state index < -0.39 is 25.5 Å². The maximum absolute atomic E-state index is 12.8. The molecule has 4 atom stereocenters. The molecule has 2 saturated heterocycles. The molecular formula is C13H26BNO5S. The van der Waals surface area contributed by atoms with E-state index in [1.807, 2.05) is 20.8 Å². The summed E-state index contributed by atoms with van der Waals surface area (Å²) < 4.78 is 41.8. The van der Waals surface area contributed by atoms with Crippen LogP contribution in [-0.4, -0.2) is 62.9 Å². The van der Waals surface area contributed by atoms with Crippen LogP contribution in [0.5, 0.6) is 0 Å². The first-order valence-electron chi connectivity index (χ1n) is 7.24. The van der Waals surface area contributed by atoms with Crippen molar-refractivity contribution in [2.75, 3.05) is 13.2 Å². The van der Waals surface area contributed by atoms with Crippen molar-refractivity contribution in [2.24, 2.45) is 5.73 Å². The van der Waals surface area contributed by atoms with Crippen LogP contribution in [0.4, 0.5) is 0 Å². The lowest BCUT2D eigenvalue weighted by molar-refractivity contribution is -0.102. The number of ether oxygens (including phenoxy) is 3. The molecule has 2 heterocycles. The Bertz CT molecular complexity index is 510. The molecule has 0 spiro atoms. The maximum atomic E-state index is 12.8. The zero-order chi connectivity index (χ0) is 16.3. The first kappa shape index (κ1) is 17.2. The molecule has 2 aliphatic rings. The minimum atomic E-state index is -3.62. The Morgan fingerprint density at radius 2 is 1.81 bits per heavy atom. The van der Waals surface area contributed by atoms with Crippen molar-refractivity contribution < 1.29 is 22.6 Å². The second-order valence-electron chi connectivity index (χ2n) is 7.72. The molecule has 0 saturated carbocycles. The molecule has 2 unspecified atom stereocenters. The summed E-state index contributed by atoms with van der Waals surface area (Å²) in [4.78, 5) is -1.34. The molecule has 0 amide bonds. The largest absolute Gasteiger partial charge is 0.372 e. The second kappa shape index (κ2) is 4.93. The van der Waals surface area contributed by atoms with E-state index in [-0.39, 0.29) is 24.4 Å². The van der Waals surface area contributed by atoms with Crippen LogP contribution in [0.1, 0.15) is 34.6 Å². The fourth-order valence-corrected chi connectivity index (χ4v) is 4.97. The van der Waals surface area contributed by atoms with Crippen molar-refractivity contribution in [3.63, 3.8) is 0 Å². The van der Waals surface area contributed by atoms with Crippen molar-refractivity contribution in [1.82, 2.24) is 0 Å². The summed E-state index contributed by atoms with van der Waals surface area (Å²) >= 11 is 0. The smallest absolute Gasteiger partial charge is 0.171 e. The second-order valence-corrected chi connectivity index (χ2v) is 10.7. The number of hydrogen-bond donors (Lipinski definition) is 1.